The lowest BCUT2D eigenvalue weighted by Gasteiger charge is -2.33. The Morgan fingerprint density at radius 1 is 1.03 bits per heavy atom. The third-order valence-electron chi connectivity index (χ3n) is 5.73. The number of hydrogen-bond acceptors (Lipinski definition) is 4. The molecule has 2 amide bonds. The van der Waals surface area contributed by atoms with E-state index in [2.05, 4.69) is 5.32 Å². The average molecular weight is 488 g/mol. The van der Waals surface area contributed by atoms with Crippen LogP contribution in [0.15, 0.2) is 48.5 Å². The van der Waals surface area contributed by atoms with Gasteiger partial charge in [0.05, 0.1) is 11.9 Å². The minimum atomic E-state index is -3.73. The van der Waals surface area contributed by atoms with Crippen LogP contribution in [0, 0.1) is 13.8 Å². The summed E-state index contributed by atoms with van der Waals surface area (Å²) < 4.78 is 26.6. The molecule has 0 fully saturated rings. The first kappa shape index (κ1) is 27.4. The van der Waals surface area contributed by atoms with E-state index in [0.717, 1.165) is 33.7 Å². The SMILES string of the molecule is CCCNC(=O)[C@@H](CC)N(CCc1ccccc1)C(=O)CN(c1cc(C)ccc1C)S(C)(=O)=O. The van der Waals surface area contributed by atoms with Crippen LogP contribution < -0.4 is 9.62 Å². The Morgan fingerprint density at radius 2 is 1.71 bits per heavy atom. The van der Waals surface area contributed by atoms with E-state index in [1.165, 1.54) is 4.90 Å². The normalized spacial score (nSPS) is 12.1. The maximum absolute atomic E-state index is 13.6. The first-order valence-electron chi connectivity index (χ1n) is 11.7. The van der Waals surface area contributed by atoms with Crippen LogP contribution in [0.25, 0.3) is 0 Å². The molecule has 0 aliphatic heterocycles. The average Bonchev–Trinajstić information content (AvgIpc) is 2.80. The van der Waals surface area contributed by atoms with Gasteiger partial charge in [-0.1, -0.05) is 56.3 Å². The largest absolute Gasteiger partial charge is 0.354 e. The molecule has 0 aliphatic rings. The summed E-state index contributed by atoms with van der Waals surface area (Å²) in [6.07, 6.45) is 2.88. The third-order valence-corrected chi connectivity index (χ3v) is 6.86. The van der Waals surface area contributed by atoms with E-state index in [1.54, 1.807) is 6.07 Å². The summed E-state index contributed by atoms with van der Waals surface area (Å²) >= 11 is 0. The molecule has 2 aromatic rings. The molecule has 0 heterocycles. The molecule has 0 bridgehead atoms. The first-order chi connectivity index (χ1) is 16.1. The second kappa shape index (κ2) is 12.6. The second-order valence-corrected chi connectivity index (χ2v) is 10.5. The molecule has 7 nitrogen and oxygen atoms in total. The molecule has 1 N–H and O–H groups in total. The molecule has 0 aliphatic carbocycles. The van der Waals surface area contributed by atoms with Crippen LogP contribution in [-0.2, 0) is 26.0 Å². The molecule has 8 heteroatoms. The van der Waals surface area contributed by atoms with E-state index in [-0.39, 0.29) is 12.5 Å². The highest BCUT2D eigenvalue weighted by molar-refractivity contribution is 7.92. The maximum atomic E-state index is 13.6. The van der Waals surface area contributed by atoms with E-state index >= 15 is 0 Å². The Hall–Kier alpha value is -2.87. The lowest BCUT2D eigenvalue weighted by molar-refractivity contribution is -0.139. The highest BCUT2D eigenvalue weighted by Gasteiger charge is 2.31. The number of anilines is 1. The number of benzene rings is 2. The number of rotatable bonds is 12. The van der Waals surface area contributed by atoms with Crippen molar-refractivity contribution < 1.29 is 18.0 Å². The fraction of sp³-hybridized carbons (Fsp3) is 0.462. The van der Waals surface area contributed by atoms with Gasteiger partial charge >= 0.3 is 0 Å². The van der Waals surface area contributed by atoms with Crippen LogP contribution in [0.5, 0.6) is 0 Å². The van der Waals surface area contributed by atoms with Gasteiger partial charge in [-0.15, -0.1) is 0 Å². The predicted octanol–water partition coefficient (Wildman–Crippen LogP) is 3.45. The van der Waals surface area contributed by atoms with Crippen molar-refractivity contribution in [3.05, 3.63) is 65.2 Å². The lowest BCUT2D eigenvalue weighted by atomic mass is 10.1. The molecule has 2 aromatic carbocycles. The number of hydrogen-bond donors (Lipinski definition) is 1. The van der Waals surface area contributed by atoms with Gasteiger partial charge in [-0.25, -0.2) is 8.42 Å². The molecular formula is C26H37N3O4S. The van der Waals surface area contributed by atoms with Gasteiger partial charge in [0.1, 0.15) is 12.6 Å². The monoisotopic (exact) mass is 487 g/mol. The van der Waals surface area contributed by atoms with Crippen molar-refractivity contribution >= 4 is 27.5 Å². The van der Waals surface area contributed by atoms with Gasteiger partial charge in [0.2, 0.25) is 21.8 Å². The van der Waals surface area contributed by atoms with E-state index < -0.39 is 22.0 Å². The molecule has 0 aromatic heterocycles. The zero-order valence-electron chi connectivity index (χ0n) is 20.9. The van der Waals surface area contributed by atoms with E-state index in [4.69, 9.17) is 0 Å². The Bertz CT molecular complexity index is 1070. The van der Waals surface area contributed by atoms with Crippen LogP contribution in [0.2, 0.25) is 0 Å². The molecule has 0 spiro atoms. The van der Waals surface area contributed by atoms with Crippen molar-refractivity contribution in [1.82, 2.24) is 10.2 Å². The molecule has 2 rings (SSSR count). The smallest absolute Gasteiger partial charge is 0.244 e. The van der Waals surface area contributed by atoms with Gasteiger partial charge in [0, 0.05) is 13.1 Å². The Morgan fingerprint density at radius 3 is 2.29 bits per heavy atom. The van der Waals surface area contributed by atoms with Crippen molar-refractivity contribution in [3.63, 3.8) is 0 Å². The summed E-state index contributed by atoms with van der Waals surface area (Å²) in [4.78, 5) is 28.0. The van der Waals surface area contributed by atoms with Gasteiger partial charge in [-0.3, -0.25) is 13.9 Å². The predicted molar refractivity (Wildman–Crippen MR) is 137 cm³/mol. The van der Waals surface area contributed by atoms with Crippen molar-refractivity contribution in [3.8, 4) is 0 Å². The molecule has 0 saturated carbocycles. The van der Waals surface area contributed by atoms with E-state index in [1.807, 2.05) is 70.2 Å². The van der Waals surface area contributed by atoms with Gasteiger partial charge < -0.3 is 10.2 Å². The van der Waals surface area contributed by atoms with E-state index in [0.29, 0.717) is 31.6 Å². The molecule has 34 heavy (non-hydrogen) atoms. The number of carbonyl (C=O) groups is 2. The van der Waals surface area contributed by atoms with Crippen molar-refractivity contribution in [2.75, 3.05) is 30.2 Å². The fourth-order valence-electron chi connectivity index (χ4n) is 3.84. The van der Waals surface area contributed by atoms with Crippen molar-refractivity contribution in [2.45, 2.75) is 53.0 Å². The molecule has 0 unspecified atom stereocenters. The standard InChI is InChI=1S/C26H37N3O4S/c1-6-16-27-26(31)23(7-2)28(17-15-22-11-9-8-10-12-22)25(30)19-29(34(5,32)33)24-18-20(3)13-14-21(24)4/h8-14,18,23H,6-7,15-17,19H2,1-5H3,(H,27,31)/t23-/m1/s1. The zero-order valence-corrected chi connectivity index (χ0v) is 21.7. The van der Waals surface area contributed by atoms with Crippen LogP contribution in [0.3, 0.4) is 0 Å². The topological polar surface area (TPSA) is 86.8 Å². The fourth-order valence-corrected chi connectivity index (χ4v) is 4.74. The second-order valence-electron chi connectivity index (χ2n) is 8.60. The van der Waals surface area contributed by atoms with Gasteiger partial charge in [0.25, 0.3) is 0 Å². The summed E-state index contributed by atoms with van der Waals surface area (Å²) in [5, 5.41) is 2.88. The number of sulfonamides is 1. The highest BCUT2D eigenvalue weighted by atomic mass is 32.2. The van der Waals surface area contributed by atoms with Gasteiger partial charge in [-0.05, 0) is 55.9 Å². The Labute approximate surface area is 204 Å². The first-order valence-corrected chi connectivity index (χ1v) is 13.6. The summed E-state index contributed by atoms with van der Waals surface area (Å²) in [7, 11) is -3.73. The number of nitrogens with one attached hydrogen (secondary N) is 1. The number of aryl methyl sites for hydroxylation is 2. The highest BCUT2D eigenvalue weighted by Crippen LogP contribution is 2.24. The summed E-state index contributed by atoms with van der Waals surface area (Å²) in [5.41, 5.74) is 3.17. The van der Waals surface area contributed by atoms with Crippen LogP contribution in [-0.4, -0.2) is 57.1 Å². The molecule has 1 atom stereocenters. The van der Waals surface area contributed by atoms with Crippen LogP contribution in [0.1, 0.15) is 43.4 Å². The van der Waals surface area contributed by atoms with Crippen LogP contribution >= 0.6 is 0 Å². The van der Waals surface area contributed by atoms with Crippen LogP contribution in [0.4, 0.5) is 5.69 Å². The van der Waals surface area contributed by atoms with Crippen molar-refractivity contribution in [2.24, 2.45) is 0 Å². The molecular weight excluding hydrogens is 450 g/mol. The Balaban J connectivity index is 2.38. The van der Waals surface area contributed by atoms with E-state index in [9.17, 15) is 18.0 Å². The minimum absolute atomic E-state index is 0.219. The Kier molecular flexibility index (Phi) is 10.1. The lowest BCUT2D eigenvalue weighted by Crippen LogP contribution is -2.53. The maximum Gasteiger partial charge on any atom is 0.244 e. The summed E-state index contributed by atoms with van der Waals surface area (Å²) in [5.74, 6) is -0.621. The third kappa shape index (κ3) is 7.58. The summed E-state index contributed by atoms with van der Waals surface area (Å²) in [6.45, 7) is 7.99. The van der Waals surface area contributed by atoms with Crippen molar-refractivity contribution in [1.29, 1.82) is 0 Å². The number of amides is 2. The minimum Gasteiger partial charge on any atom is -0.354 e. The zero-order chi connectivity index (χ0) is 25.3. The van der Waals surface area contributed by atoms with Gasteiger partial charge in [0.15, 0.2) is 0 Å². The summed E-state index contributed by atoms with van der Waals surface area (Å²) in [6, 6.07) is 14.6. The molecule has 0 saturated heterocycles. The quantitative estimate of drug-likeness (QED) is 0.497. The molecule has 0 radical (unpaired) electrons. The van der Waals surface area contributed by atoms with Gasteiger partial charge in [-0.2, -0.15) is 0 Å². The number of carbonyl (C=O) groups excluding carboxylic acids is 2. The number of nitrogens with zero attached hydrogens (tertiary/aromatic N) is 2. The molecule has 186 valence electrons.